The maximum Gasteiger partial charge on any atom is 0.311 e. The van der Waals surface area contributed by atoms with Crippen LogP contribution in [-0.2, 0) is 4.79 Å². The molecule has 0 atom stereocenters. The minimum atomic E-state index is -1.09. The van der Waals surface area contributed by atoms with Crippen molar-refractivity contribution >= 4 is 11.8 Å². The Labute approximate surface area is 95.5 Å². The van der Waals surface area contributed by atoms with Crippen molar-refractivity contribution in [2.24, 2.45) is 0 Å². The SMILES string of the molecule is CN(C)C.O=C(O)CC(=O)c1ccccc1. The third kappa shape index (κ3) is 7.70. The number of nitrogens with zero attached hydrogens (tertiary/aromatic N) is 1. The fraction of sp³-hybridized carbons (Fsp3) is 0.333. The highest BCUT2D eigenvalue weighted by atomic mass is 16.4. The van der Waals surface area contributed by atoms with Crippen molar-refractivity contribution in [2.75, 3.05) is 21.1 Å². The van der Waals surface area contributed by atoms with Crippen LogP contribution < -0.4 is 0 Å². The summed E-state index contributed by atoms with van der Waals surface area (Å²) in [5.41, 5.74) is 0.444. The summed E-state index contributed by atoms with van der Waals surface area (Å²) in [5.74, 6) is -1.45. The Hall–Kier alpha value is -1.68. The van der Waals surface area contributed by atoms with Crippen molar-refractivity contribution in [3.63, 3.8) is 0 Å². The molecule has 0 bridgehead atoms. The van der Waals surface area contributed by atoms with Crippen LogP contribution in [0.2, 0.25) is 0 Å². The predicted octanol–water partition coefficient (Wildman–Crippen LogP) is 1.52. The smallest absolute Gasteiger partial charge is 0.311 e. The van der Waals surface area contributed by atoms with Gasteiger partial charge in [0.1, 0.15) is 6.42 Å². The Bertz CT molecular complexity index is 331. The van der Waals surface area contributed by atoms with E-state index in [4.69, 9.17) is 5.11 Å². The maximum atomic E-state index is 11.1. The van der Waals surface area contributed by atoms with Crippen molar-refractivity contribution < 1.29 is 14.7 Å². The van der Waals surface area contributed by atoms with E-state index >= 15 is 0 Å². The van der Waals surface area contributed by atoms with Gasteiger partial charge in [0.05, 0.1) is 0 Å². The summed E-state index contributed by atoms with van der Waals surface area (Å²) < 4.78 is 0. The Morgan fingerprint density at radius 1 is 1.12 bits per heavy atom. The zero-order chi connectivity index (χ0) is 12.6. The molecule has 0 radical (unpaired) electrons. The number of aliphatic carboxylic acids is 1. The van der Waals surface area contributed by atoms with Crippen molar-refractivity contribution in [2.45, 2.75) is 6.42 Å². The largest absolute Gasteiger partial charge is 0.481 e. The van der Waals surface area contributed by atoms with Crippen LogP contribution in [0.4, 0.5) is 0 Å². The molecule has 0 spiro atoms. The molecular weight excluding hydrogens is 206 g/mol. The van der Waals surface area contributed by atoms with E-state index in [1.54, 1.807) is 30.3 Å². The maximum absolute atomic E-state index is 11.1. The lowest BCUT2D eigenvalue weighted by atomic mass is 10.1. The fourth-order valence-electron chi connectivity index (χ4n) is 0.863. The molecule has 0 aliphatic heterocycles. The highest BCUT2D eigenvalue weighted by Gasteiger charge is 2.08. The van der Waals surface area contributed by atoms with Crippen LogP contribution >= 0.6 is 0 Å². The summed E-state index contributed by atoms with van der Waals surface area (Å²) in [6.45, 7) is 0. The average molecular weight is 223 g/mol. The van der Waals surface area contributed by atoms with Crippen LogP contribution in [0.5, 0.6) is 0 Å². The first-order valence-corrected chi connectivity index (χ1v) is 4.84. The topological polar surface area (TPSA) is 57.6 Å². The van der Waals surface area contributed by atoms with Gasteiger partial charge < -0.3 is 10.0 Å². The van der Waals surface area contributed by atoms with E-state index < -0.39 is 12.4 Å². The molecule has 1 aromatic rings. The molecule has 4 heteroatoms. The number of benzene rings is 1. The summed E-state index contributed by atoms with van der Waals surface area (Å²) in [4.78, 5) is 23.2. The standard InChI is InChI=1S/C9H8O3.C3H9N/c10-8(6-9(11)12)7-4-2-1-3-5-7;1-4(2)3/h1-5H,6H2,(H,11,12);1-3H3. The molecule has 0 aromatic heterocycles. The average Bonchev–Trinajstić information content (AvgIpc) is 2.17. The Balaban J connectivity index is 0.000000487. The van der Waals surface area contributed by atoms with E-state index in [0.717, 1.165) is 0 Å². The van der Waals surface area contributed by atoms with Crippen LogP contribution in [0.1, 0.15) is 16.8 Å². The van der Waals surface area contributed by atoms with Gasteiger partial charge in [-0.25, -0.2) is 0 Å². The van der Waals surface area contributed by atoms with Gasteiger partial charge in [0, 0.05) is 5.56 Å². The zero-order valence-electron chi connectivity index (χ0n) is 9.80. The van der Waals surface area contributed by atoms with Crippen LogP contribution in [0.15, 0.2) is 30.3 Å². The third-order valence-electron chi connectivity index (χ3n) is 1.41. The molecule has 0 aliphatic rings. The molecule has 0 heterocycles. The fourth-order valence-corrected chi connectivity index (χ4v) is 0.863. The van der Waals surface area contributed by atoms with Crippen molar-refractivity contribution in [1.29, 1.82) is 0 Å². The number of hydrogen-bond acceptors (Lipinski definition) is 3. The number of carbonyl (C=O) groups is 2. The first-order valence-electron chi connectivity index (χ1n) is 4.84. The highest BCUT2D eigenvalue weighted by Crippen LogP contribution is 2.02. The number of carboxylic acids is 1. The molecule has 0 amide bonds. The lowest BCUT2D eigenvalue weighted by Gasteiger charge is -1.95. The summed E-state index contributed by atoms with van der Waals surface area (Å²) in [7, 11) is 6.00. The van der Waals surface area contributed by atoms with E-state index in [1.807, 2.05) is 26.0 Å². The van der Waals surface area contributed by atoms with Crippen LogP contribution in [0, 0.1) is 0 Å². The highest BCUT2D eigenvalue weighted by molar-refractivity contribution is 6.05. The van der Waals surface area contributed by atoms with Crippen molar-refractivity contribution in [3.05, 3.63) is 35.9 Å². The summed E-state index contributed by atoms with van der Waals surface area (Å²) in [6, 6.07) is 8.39. The normalized spacial score (nSPS) is 9.25. The molecule has 0 saturated heterocycles. The first-order chi connectivity index (χ1) is 7.43. The summed E-state index contributed by atoms with van der Waals surface area (Å²) in [6.07, 6.45) is -0.440. The van der Waals surface area contributed by atoms with E-state index in [-0.39, 0.29) is 5.78 Å². The van der Waals surface area contributed by atoms with E-state index in [9.17, 15) is 9.59 Å². The van der Waals surface area contributed by atoms with Gasteiger partial charge in [0.15, 0.2) is 5.78 Å². The number of ketones is 1. The van der Waals surface area contributed by atoms with Crippen LogP contribution in [0.3, 0.4) is 0 Å². The number of hydrogen-bond donors (Lipinski definition) is 1. The molecule has 1 aromatic carbocycles. The lowest BCUT2D eigenvalue weighted by Crippen LogP contribution is -2.06. The first kappa shape index (κ1) is 14.3. The van der Waals surface area contributed by atoms with Gasteiger partial charge in [0.25, 0.3) is 0 Å². The predicted molar refractivity (Wildman–Crippen MR) is 62.6 cm³/mol. The second-order valence-corrected chi connectivity index (χ2v) is 3.70. The molecule has 0 saturated carbocycles. The number of carbonyl (C=O) groups excluding carboxylic acids is 1. The monoisotopic (exact) mass is 223 g/mol. The van der Waals surface area contributed by atoms with Gasteiger partial charge in [-0.15, -0.1) is 0 Å². The molecule has 4 nitrogen and oxygen atoms in total. The quantitative estimate of drug-likeness (QED) is 0.623. The molecule has 1 rings (SSSR count). The summed E-state index contributed by atoms with van der Waals surface area (Å²) in [5, 5.41) is 8.32. The molecule has 0 aliphatic carbocycles. The zero-order valence-corrected chi connectivity index (χ0v) is 9.80. The molecule has 88 valence electrons. The van der Waals surface area contributed by atoms with Crippen molar-refractivity contribution in [3.8, 4) is 0 Å². The number of carboxylic acid groups (broad SMARTS) is 1. The van der Waals surface area contributed by atoms with E-state index in [2.05, 4.69) is 0 Å². The van der Waals surface area contributed by atoms with E-state index in [0.29, 0.717) is 5.56 Å². The van der Waals surface area contributed by atoms with Crippen molar-refractivity contribution in [1.82, 2.24) is 4.90 Å². The molecule has 0 unspecified atom stereocenters. The number of Topliss-reactive ketones (excluding diaryl/α,β-unsaturated/α-hetero) is 1. The van der Waals surface area contributed by atoms with Crippen LogP contribution in [-0.4, -0.2) is 42.9 Å². The lowest BCUT2D eigenvalue weighted by molar-refractivity contribution is -0.135. The van der Waals surface area contributed by atoms with Gasteiger partial charge in [-0.2, -0.15) is 0 Å². The van der Waals surface area contributed by atoms with Gasteiger partial charge in [-0.3, -0.25) is 9.59 Å². The second kappa shape index (κ2) is 7.59. The Morgan fingerprint density at radius 3 is 1.94 bits per heavy atom. The third-order valence-corrected chi connectivity index (χ3v) is 1.41. The minimum Gasteiger partial charge on any atom is -0.481 e. The van der Waals surface area contributed by atoms with Gasteiger partial charge in [0.2, 0.25) is 0 Å². The minimum absolute atomic E-state index is 0.358. The van der Waals surface area contributed by atoms with Gasteiger partial charge >= 0.3 is 5.97 Å². The molecule has 16 heavy (non-hydrogen) atoms. The second-order valence-electron chi connectivity index (χ2n) is 3.70. The number of rotatable bonds is 3. The van der Waals surface area contributed by atoms with E-state index in [1.165, 1.54) is 0 Å². The Kier molecular flexibility index (Phi) is 6.79. The molecule has 1 N–H and O–H groups in total. The summed E-state index contributed by atoms with van der Waals surface area (Å²) >= 11 is 0. The van der Waals surface area contributed by atoms with Crippen LogP contribution in [0.25, 0.3) is 0 Å². The van der Waals surface area contributed by atoms with Gasteiger partial charge in [-0.1, -0.05) is 30.3 Å². The Morgan fingerprint density at radius 2 is 1.56 bits per heavy atom. The molecular formula is C12H17NO3. The van der Waals surface area contributed by atoms with Gasteiger partial charge in [-0.05, 0) is 21.1 Å². The molecule has 0 fully saturated rings.